The van der Waals surface area contributed by atoms with Gasteiger partial charge in [0.05, 0.1) is 30.5 Å². The van der Waals surface area contributed by atoms with E-state index in [-0.39, 0.29) is 17.8 Å². The molecule has 150 valence electrons. The lowest BCUT2D eigenvalue weighted by atomic mass is 10.0. The number of hydrogen-bond acceptors (Lipinski definition) is 4. The largest absolute Gasteiger partial charge is 0.377 e. The molecule has 1 aliphatic heterocycles. The molecule has 0 spiro atoms. The number of morpholine rings is 1. The number of aryl methyl sites for hydroxylation is 2. The van der Waals surface area contributed by atoms with E-state index in [2.05, 4.69) is 24.1 Å². The fourth-order valence-corrected chi connectivity index (χ4v) is 3.54. The lowest BCUT2D eigenvalue weighted by Gasteiger charge is -2.35. The molecule has 1 N–H and O–H groups in total. The van der Waals surface area contributed by atoms with Gasteiger partial charge in [-0.2, -0.15) is 0 Å². The molecular formula is C22H28FN3O2. The van der Waals surface area contributed by atoms with Crippen LogP contribution in [0, 0.1) is 12.7 Å². The summed E-state index contributed by atoms with van der Waals surface area (Å²) in [4.78, 5) is 20.0. The van der Waals surface area contributed by atoms with E-state index in [1.165, 1.54) is 12.1 Å². The molecule has 2 heterocycles. The van der Waals surface area contributed by atoms with Crippen LogP contribution in [0.4, 0.5) is 10.2 Å². The summed E-state index contributed by atoms with van der Waals surface area (Å²) in [5, 5.41) is 2.95. The highest BCUT2D eigenvalue weighted by Gasteiger charge is 2.23. The van der Waals surface area contributed by atoms with Gasteiger partial charge < -0.3 is 15.0 Å². The summed E-state index contributed by atoms with van der Waals surface area (Å²) >= 11 is 0. The number of anilines is 1. The van der Waals surface area contributed by atoms with Gasteiger partial charge in [-0.15, -0.1) is 0 Å². The number of carbonyl (C=O) groups is 1. The van der Waals surface area contributed by atoms with Crippen LogP contribution in [0.15, 0.2) is 30.3 Å². The van der Waals surface area contributed by atoms with Gasteiger partial charge in [-0.25, -0.2) is 9.37 Å². The van der Waals surface area contributed by atoms with E-state index in [4.69, 9.17) is 9.72 Å². The van der Waals surface area contributed by atoms with Crippen molar-refractivity contribution >= 4 is 11.7 Å². The Bertz CT molecular complexity index is 823. The number of benzene rings is 1. The molecule has 1 saturated heterocycles. The van der Waals surface area contributed by atoms with Crippen molar-refractivity contribution in [1.82, 2.24) is 10.3 Å². The summed E-state index contributed by atoms with van der Waals surface area (Å²) in [7, 11) is 0. The van der Waals surface area contributed by atoms with Crippen LogP contribution < -0.4 is 10.2 Å². The van der Waals surface area contributed by atoms with Crippen LogP contribution in [0.5, 0.6) is 0 Å². The summed E-state index contributed by atoms with van der Waals surface area (Å²) in [6, 6.07) is 8.40. The third kappa shape index (κ3) is 4.68. The summed E-state index contributed by atoms with van der Waals surface area (Å²) in [6.45, 7) is 8.70. The first-order valence-electron chi connectivity index (χ1n) is 9.87. The Morgan fingerprint density at radius 2 is 2.11 bits per heavy atom. The Morgan fingerprint density at radius 1 is 1.36 bits per heavy atom. The van der Waals surface area contributed by atoms with Crippen molar-refractivity contribution in [1.29, 1.82) is 0 Å². The predicted octanol–water partition coefficient (Wildman–Crippen LogP) is 3.64. The van der Waals surface area contributed by atoms with Gasteiger partial charge >= 0.3 is 0 Å². The molecule has 28 heavy (non-hydrogen) atoms. The number of hydrogen-bond donors (Lipinski definition) is 1. The van der Waals surface area contributed by atoms with E-state index in [0.717, 1.165) is 42.0 Å². The topological polar surface area (TPSA) is 54.5 Å². The van der Waals surface area contributed by atoms with E-state index in [1.54, 1.807) is 12.1 Å². The fraction of sp³-hybridized carbons (Fsp3) is 0.455. The second-order valence-corrected chi connectivity index (χ2v) is 7.30. The van der Waals surface area contributed by atoms with Crippen molar-refractivity contribution in [3.8, 4) is 0 Å². The monoisotopic (exact) mass is 385 g/mol. The molecule has 1 aromatic heterocycles. The molecule has 0 saturated carbocycles. The van der Waals surface area contributed by atoms with Gasteiger partial charge in [0.25, 0.3) is 5.91 Å². The first-order valence-corrected chi connectivity index (χ1v) is 9.87. The van der Waals surface area contributed by atoms with Crippen molar-refractivity contribution in [3.05, 3.63) is 58.5 Å². The minimum atomic E-state index is -0.284. The minimum absolute atomic E-state index is 0.139. The Balaban J connectivity index is 1.82. The van der Waals surface area contributed by atoms with Gasteiger partial charge in [0.2, 0.25) is 0 Å². The lowest BCUT2D eigenvalue weighted by molar-refractivity contribution is 0.0947. The molecule has 1 aromatic carbocycles. The average Bonchev–Trinajstić information content (AvgIpc) is 2.67. The number of rotatable bonds is 6. The first kappa shape index (κ1) is 20.3. The van der Waals surface area contributed by atoms with Crippen LogP contribution >= 0.6 is 0 Å². The zero-order valence-corrected chi connectivity index (χ0v) is 16.8. The maximum Gasteiger partial charge on any atom is 0.253 e. The molecule has 2 aromatic rings. The number of nitrogens with one attached hydrogen (secondary N) is 1. The van der Waals surface area contributed by atoms with Crippen LogP contribution in [0.25, 0.3) is 0 Å². The van der Waals surface area contributed by atoms with Gasteiger partial charge in [-0.3, -0.25) is 4.79 Å². The van der Waals surface area contributed by atoms with Gasteiger partial charge in [0.1, 0.15) is 11.6 Å². The second-order valence-electron chi connectivity index (χ2n) is 7.30. The van der Waals surface area contributed by atoms with E-state index in [9.17, 15) is 9.18 Å². The number of aromatic nitrogens is 1. The van der Waals surface area contributed by atoms with Gasteiger partial charge in [-0.05, 0) is 49.6 Å². The molecule has 1 atom stereocenters. The zero-order valence-electron chi connectivity index (χ0n) is 16.8. The van der Waals surface area contributed by atoms with Crippen LogP contribution in [0.3, 0.4) is 0 Å². The summed E-state index contributed by atoms with van der Waals surface area (Å²) < 4.78 is 18.6. The molecule has 3 rings (SSSR count). The molecule has 1 fully saturated rings. The van der Waals surface area contributed by atoms with Gasteiger partial charge in [0, 0.05) is 13.1 Å². The maximum absolute atomic E-state index is 13.1. The molecule has 1 amide bonds. The first-order chi connectivity index (χ1) is 13.5. The van der Waals surface area contributed by atoms with Crippen molar-refractivity contribution in [2.75, 3.05) is 24.7 Å². The van der Waals surface area contributed by atoms with Gasteiger partial charge in [0.15, 0.2) is 0 Å². The Morgan fingerprint density at radius 3 is 2.79 bits per heavy atom. The van der Waals surface area contributed by atoms with E-state index in [1.807, 2.05) is 13.0 Å². The smallest absolute Gasteiger partial charge is 0.253 e. The molecule has 0 radical (unpaired) electrons. The van der Waals surface area contributed by atoms with E-state index >= 15 is 0 Å². The third-order valence-electron chi connectivity index (χ3n) is 5.02. The van der Waals surface area contributed by atoms with Crippen LogP contribution in [0.1, 0.15) is 47.4 Å². The quantitative estimate of drug-likeness (QED) is 0.825. The number of halogens is 1. The summed E-state index contributed by atoms with van der Waals surface area (Å²) in [6.07, 6.45) is 1.65. The van der Waals surface area contributed by atoms with Crippen LogP contribution in [0.2, 0.25) is 0 Å². The molecule has 0 aliphatic carbocycles. The van der Waals surface area contributed by atoms with Crippen molar-refractivity contribution in [2.24, 2.45) is 0 Å². The highest BCUT2D eigenvalue weighted by Crippen LogP contribution is 2.24. The van der Waals surface area contributed by atoms with Crippen molar-refractivity contribution < 1.29 is 13.9 Å². The molecule has 5 nitrogen and oxygen atoms in total. The van der Waals surface area contributed by atoms with E-state index in [0.29, 0.717) is 25.3 Å². The number of pyridine rings is 1. The highest BCUT2D eigenvalue weighted by molar-refractivity contribution is 5.97. The predicted molar refractivity (Wildman–Crippen MR) is 108 cm³/mol. The molecule has 6 heteroatoms. The van der Waals surface area contributed by atoms with Crippen molar-refractivity contribution in [2.45, 2.75) is 46.2 Å². The fourth-order valence-electron chi connectivity index (χ4n) is 3.54. The molecule has 0 bridgehead atoms. The number of amides is 1. The highest BCUT2D eigenvalue weighted by atomic mass is 19.1. The Kier molecular flexibility index (Phi) is 6.62. The molecule has 0 unspecified atom stereocenters. The van der Waals surface area contributed by atoms with Crippen LogP contribution in [-0.4, -0.2) is 36.7 Å². The second kappa shape index (κ2) is 9.15. The normalized spacial score (nSPS) is 16.9. The number of carbonyl (C=O) groups excluding carboxylic acids is 1. The van der Waals surface area contributed by atoms with Crippen molar-refractivity contribution in [3.63, 3.8) is 0 Å². The Labute approximate surface area is 165 Å². The Hall–Kier alpha value is -2.47. The maximum atomic E-state index is 13.1. The van der Waals surface area contributed by atoms with E-state index < -0.39 is 0 Å². The third-order valence-corrected chi connectivity index (χ3v) is 5.02. The molecule has 1 aliphatic rings. The van der Waals surface area contributed by atoms with Gasteiger partial charge in [-0.1, -0.05) is 25.5 Å². The zero-order chi connectivity index (χ0) is 20.1. The standard InChI is InChI=1S/C22H28FN3O2/c1-4-5-19-21(22(27)24-13-17-6-8-18(23)9-7-17)15(2)12-20(25-19)26-10-11-28-14-16(26)3/h6-9,12,16H,4-5,10-11,13-14H2,1-3H3,(H,24,27)/t16-/m1/s1. The summed E-state index contributed by atoms with van der Waals surface area (Å²) in [5.41, 5.74) is 3.25. The minimum Gasteiger partial charge on any atom is -0.377 e. The number of ether oxygens (including phenoxy) is 1. The SMILES string of the molecule is CCCc1nc(N2CCOC[C@H]2C)cc(C)c1C(=O)NCc1ccc(F)cc1. The van der Waals surface area contributed by atoms with Crippen LogP contribution in [-0.2, 0) is 17.7 Å². The molecular weight excluding hydrogens is 357 g/mol. The average molecular weight is 385 g/mol. The number of nitrogens with zero attached hydrogens (tertiary/aromatic N) is 2. The lowest BCUT2D eigenvalue weighted by Crippen LogP contribution is -2.44. The summed E-state index contributed by atoms with van der Waals surface area (Å²) in [5.74, 6) is 0.486.